The van der Waals surface area contributed by atoms with Gasteiger partial charge < -0.3 is 5.32 Å². The molecule has 1 N–H and O–H groups in total. The van der Waals surface area contributed by atoms with E-state index in [2.05, 4.69) is 42.8 Å². The number of benzene rings is 1. The molecule has 1 unspecified atom stereocenters. The Kier molecular flexibility index (Phi) is 7.73. The fourth-order valence-electron chi connectivity index (χ4n) is 2.14. The smallest absolute Gasteiger partial charge is 0.211 e. The van der Waals surface area contributed by atoms with E-state index in [9.17, 15) is 8.42 Å². The van der Waals surface area contributed by atoms with E-state index >= 15 is 0 Å². The van der Waals surface area contributed by atoms with E-state index < -0.39 is 10.0 Å². The largest absolute Gasteiger partial charge is 0.310 e. The first kappa shape index (κ1) is 18.5. The van der Waals surface area contributed by atoms with Crippen LogP contribution in [-0.4, -0.2) is 44.9 Å². The van der Waals surface area contributed by atoms with Crippen molar-refractivity contribution in [3.63, 3.8) is 0 Å². The van der Waals surface area contributed by atoms with E-state index in [1.807, 2.05) is 6.92 Å². The molecular weight excluding hydrogens is 304 g/mol. The number of nitrogens with one attached hydrogen (secondary N) is 1. The van der Waals surface area contributed by atoms with Crippen molar-refractivity contribution in [3.8, 4) is 0 Å². The van der Waals surface area contributed by atoms with Crippen LogP contribution in [-0.2, 0) is 10.0 Å². The Hall–Kier alpha value is -0.560. The van der Waals surface area contributed by atoms with E-state index in [0.29, 0.717) is 13.1 Å². The first-order valence-electron chi connectivity index (χ1n) is 7.21. The highest BCUT2D eigenvalue weighted by Gasteiger charge is 2.13. The SMILES string of the molecule is CCN(CCCNC(C)c1ccc(SC)cc1)S(C)(=O)=O. The van der Waals surface area contributed by atoms with Gasteiger partial charge in [0, 0.05) is 24.0 Å². The Morgan fingerprint density at radius 3 is 2.38 bits per heavy atom. The second-order valence-corrected chi connectivity index (χ2v) is 7.92. The minimum atomic E-state index is -3.07. The van der Waals surface area contributed by atoms with E-state index in [0.717, 1.165) is 13.0 Å². The van der Waals surface area contributed by atoms with Gasteiger partial charge in [0.2, 0.25) is 10.0 Å². The molecule has 0 aliphatic heterocycles. The first-order chi connectivity index (χ1) is 9.88. The molecule has 4 nitrogen and oxygen atoms in total. The average Bonchev–Trinajstić information content (AvgIpc) is 2.45. The summed E-state index contributed by atoms with van der Waals surface area (Å²) < 4.78 is 24.5. The summed E-state index contributed by atoms with van der Waals surface area (Å²) in [5, 5.41) is 3.44. The van der Waals surface area contributed by atoms with Crippen LogP contribution in [0.4, 0.5) is 0 Å². The molecule has 0 aromatic heterocycles. The number of rotatable bonds is 9. The zero-order chi connectivity index (χ0) is 15.9. The van der Waals surface area contributed by atoms with Crippen LogP contribution in [0, 0.1) is 0 Å². The van der Waals surface area contributed by atoms with Gasteiger partial charge in [0.25, 0.3) is 0 Å². The highest BCUT2D eigenvalue weighted by atomic mass is 32.2. The second-order valence-electron chi connectivity index (χ2n) is 5.06. The molecular formula is C15H26N2O2S2. The molecule has 1 aromatic carbocycles. The van der Waals surface area contributed by atoms with Crippen LogP contribution < -0.4 is 5.32 Å². The third kappa shape index (κ3) is 6.38. The molecule has 120 valence electrons. The van der Waals surface area contributed by atoms with Crippen molar-refractivity contribution in [3.05, 3.63) is 29.8 Å². The van der Waals surface area contributed by atoms with E-state index in [4.69, 9.17) is 0 Å². The number of sulfonamides is 1. The zero-order valence-corrected chi connectivity index (χ0v) is 14.9. The maximum atomic E-state index is 11.5. The third-order valence-corrected chi connectivity index (χ3v) is 5.59. The lowest BCUT2D eigenvalue weighted by Crippen LogP contribution is -2.32. The molecule has 21 heavy (non-hydrogen) atoms. The lowest BCUT2D eigenvalue weighted by molar-refractivity contribution is 0.413. The van der Waals surface area contributed by atoms with Gasteiger partial charge in [-0.15, -0.1) is 11.8 Å². The van der Waals surface area contributed by atoms with Gasteiger partial charge in [0.15, 0.2) is 0 Å². The number of hydrogen-bond donors (Lipinski definition) is 1. The maximum absolute atomic E-state index is 11.5. The summed E-state index contributed by atoms with van der Waals surface area (Å²) >= 11 is 1.74. The molecule has 6 heteroatoms. The normalized spacial score (nSPS) is 13.6. The summed E-state index contributed by atoms with van der Waals surface area (Å²) in [6.45, 7) is 5.90. The number of nitrogens with zero attached hydrogens (tertiary/aromatic N) is 1. The van der Waals surface area contributed by atoms with Gasteiger partial charge in [-0.3, -0.25) is 0 Å². The summed E-state index contributed by atoms with van der Waals surface area (Å²) in [5.74, 6) is 0. The number of thioether (sulfide) groups is 1. The highest BCUT2D eigenvalue weighted by molar-refractivity contribution is 7.98. The predicted molar refractivity (Wildman–Crippen MR) is 91.3 cm³/mol. The van der Waals surface area contributed by atoms with Crippen LogP contribution >= 0.6 is 11.8 Å². The van der Waals surface area contributed by atoms with Gasteiger partial charge in [0.05, 0.1) is 6.26 Å². The van der Waals surface area contributed by atoms with E-state index in [1.54, 1.807) is 11.8 Å². The molecule has 0 aliphatic rings. The Bertz CT molecular complexity index is 515. The summed E-state index contributed by atoms with van der Waals surface area (Å²) in [5.41, 5.74) is 1.25. The standard InChI is InChI=1S/C15H26N2O2S2/c1-5-17(21(4,18)19)12-6-11-16-13(2)14-7-9-15(20-3)10-8-14/h7-10,13,16H,5-6,11-12H2,1-4H3. The number of hydrogen-bond acceptors (Lipinski definition) is 4. The van der Waals surface area contributed by atoms with Crippen LogP contribution in [0.25, 0.3) is 0 Å². The highest BCUT2D eigenvalue weighted by Crippen LogP contribution is 2.18. The van der Waals surface area contributed by atoms with Crippen LogP contribution in [0.1, 0.15) is 31.9 Å². The molecule has 1 aromatic rings. The molecule has 0 aliphatic carbocycles. The summed E-state index contributed by atoms with van der Waals surface area (Å²) in [4.78, 5) is 1.26. The van der Waals surface area contributed by atoms with Crippen molar-refractivity contribution < 1.29 is 8.42 Å². The van der Waals surface area contributed by atoms with Crippen LogP contribution in [0.2, 0.25) is 0 Å². The fourth-order valence-corrected chi connectivity index (χ4v) is 3.48. The quantitative estimate of drug-likeness (QED) is 0.559. The molecule has 1 rings (SSSR count). The van der Waals surface area contributed by atoms with Crippen LogP contribution in [0.5, 0.6) is 0 Å². The Morgan fingerprint density at radius 2 is 1.90 bits per heavy atom. The van der Waals surface area contributed by atoms with Gasteiger partial charge >= 0.3 is 0 Å². The van der Waals surface area contributed by atoms with Gasteiger partial charge in [-0.05, 0) is 43.8 Å². The van der Waals surface area contributed by atoms with Crippen LogP contribution in [0.3, 0.4) is 0 Å². The van der Waals surface area contributed by atoms with Crippen molar-refractivity contribution in [2.24, 2.45) is 0 Å². The summed E-state index contributed by atoms with van der Waals surface area (Å²) in [6, 6.07) is 8.80. The molecule has 0 spiro atoms. The Labute approximate surface area is 133 Å². The van der Waals surface area contributed by atoms with Crippen molar-refractivity contribution >= 4 is 21.8 Å². The van der Waals surface area contributed by atoms with Crippen molar-refractivity contribution in [2.45, 2.75) is 31.2 Å². The predicted octanol–water partition coefficient (Wildman–Crippen LogP) is 2.73. The lowest BCUT2D eigenvalue weighted by Gasteiger charge is -2.19. The monoisotopic (exact) mass is 330 g/mol. The molecule has 0 amide bonds. The minimum Gasteiger partial charge on any atom is -0.310 e. The molecule has 0 saturated heterocycles. The first-order valence-corrected chi connectivity index (χ1v) is 10.3. The van der Waals surface area contributed by atoms with Gasteiger partial charge in [0.1, 0.15) is 0 Å². The van der Waals surface area contributed by atoms with Gasteiger partial charge in [-0.2, -0.15) is 0 Å². The average molecular weight is 331 g/mol. The lowest BCUT2D eigenvalue weighted by atomic mass is 10.1. The van der Waals surface area contributed by atoms with E-state index in [1.165, 1.54) is 21.0 Å². The van der Waals surface area contributed by atoms with Crippen molar-refractivity contribution in [2.75, 3.05) is 32.1 Å². The molecule has 1 atom stereocenters. The topological polar surface area (TPSA) is 49.4 Å². The Balaban J connectivity index is 2.37. The van der Waals surface area contributed by atoms with Crippen molar-refractivity contribution in [1.29, 1.82) is 0 Å². The van der Waals surface area contributed by atoms with Crippen LogP contribution in [0.15, 0.2) is 29.2 Å². The fraction of sp³-hybridized carbons (Fsp3) is 0.600. The molecule has 0 bridgehead atoms. The molecule has 0 saturated carbocycles. The maximum Gasteiger partial charge on any atom is 0.211 e. The molecule has 0 heterocycles. The summed E-state index contributed by atoms with van der Waals surface area (Å²) in [6.07, 6.45) is 4.14. The van der Waals surface area contributed by atoms with Crippen molar-refractivity contribution in [1.82, 2.24) is 9.62 Å². The summed E-state index contributed by atoms with van der Waals surface area (Å²) in [7, 11) is -3.07. The van der Waals surface area contributed by atoms with E-state index in [-0.39, 0.29) is 6.04 Å². The van der Waals surface area contributed by atoms with Gasteiger partial charge in [-0.25, -0.2) is 12.7 Å². The molecule has 0 fully saturated rings. The minimum absolute atomic E-state index is 0.272. The zero-order valence-electron chi connectivity index (χ0n) is 13.3. The second kappa shape index (κ2) is 8.78. The Morgan fingerprint density at radius 1 is 1.29 bits per heavy atom. The van der Waals surface area contributed by atoms with Gasteiger partial charge in [-0.1, -0.05) is 19.1 Å². The third-order valence-electron chi connectivity index (χ3n) is 3.47. The molecule has 0 radical (unpaired) electrons.